The van der Waals surface area contributed by atoms with Crippen LogP contribution in [0.15, 0.2) is 17.8 Å². The minimum absolute atomic E-state index is 0.126. The Bertz CT molecular complexity index is 893. The van der Waals surface area contributed by atoms with Crippen LogP contribution in [0, 0.1) is 18.3 Å². The minimum atomic E-state index is -0.356. The van der Waals surface area contributed by atoms with Crippen molar-refractivity contribution in [3.63, 3.8) is 0 Å². The first-order chi connectivity index (χ1) is 13.0. The number of aromatic nitrogens is 3. The maximum atomic E-state index is 12.7. The summed E-state index contributed by atoms with van der Waals surface area (Å²) in [7, 11) is 0. The molecule has 2 heterocycles. The van der Waals surface area contributed by atoms with Gasteiger partial charge in [0.2, 0.25) is 5.91 Å². The van der Waals surface area contributed by atoms with Gasteiger partial charge in [-0.25, -0.2) is 0 Å². The van der Waals surface area contributed by atoms with Crippen LogP contribution in [-0.4, -0.2) is 25.9 Å². The van der Waals surface area contributed by atoms with Crippen LogP contribution < -0.4 is 5.32 Å². The molecular weight excluding hydrogens is 378 g/mol. The van der Waals surface area contributed by atoms with E-state index in [1.165, 1.54) is 23.1 Å². The molecule has 8 heteroatoms. The number of thioether (sulfide) groups is 1. The van der Waals surface area contributed by atoms with Crippen molar-refractivity contribution in [2.45, 2.75) is 62.9 Å². The first-order valence-corrected chi connectivity index (χ1v) is 10.8. The number of hydrogen-bond donors (Lipinski definition) is 1. The lowest BCUT2D eigenvalue weighted by Gasteiger charge is -2.12. The molecule has 27 heavy (non-hydrogen) atoms. The summed E-state index contributed by atoms with van der Waals surface area (Å²) in [6, 6.07) is 2.31. The maximum Gasteiger partial charge on any atom is 0.238 e. The monoisotopic (exact) mass is 401 g/mol. The number of anilines is 1. The molecule has 3 rings (SSSR count). The number of amides is 1. The Morgan fingerprint density at radius 3 is 2.96 bits per heavy atom. The normalized spacial score (nSPS) is 14.7. The number of nitrogens with zero attached hydrogens (tertiary/aromatic N) is 4. The second-order valence-corrected chi connectivity index (χ2v) is 8.97. The Kier molecular flexibility index (Phi) is 6.34. The zero-order chi connectivity index (χ0) is 19.4. The third-order valence-electron chi connectivity index (χ3n) is 4.63. The van der Waals surface area contributed by atoms with Gasteiger partial charge < -0.3 is 9.88 Å². The Morgan fingerprint density at radius 2 is 2.22 bits per heavy atom. The fraction of sp³-hybridized carbons (Fsp3) is 0.474. The highest BCUT2D eigenvalue weighted by Crippen LogP contribution is 2.37. The molecular formula is C19H23N5OS2. The molecule has 0 bridgehead atoms. The molecule has 2 aromatic rings. The summed E-state index contributed by atoms with van der Waals surface area (Å²) in [6.07, 6.45) is 7.17. The number of fused-ring (bicyclic) bond motifs is 1. The van der Waals surface area contributed by atoms with E-state index >= 15 is 0 Å². The number of thiophene rings is 1. The van der Waals surface area contributed by atoms with Crippen LogP contribution in [0.1, 0.15) is 48.0 Å². The van der Waals surface area contributed by atoms with Crippen molar-refractivity contribution in [1.82, 2.24) is 14.8 Å². The molecule has 0 spiro atoms. The Labute approximate surface area is 167 Å². The summed E-state index contributed by atoms with van der Waals surface area (Å²) < 4.78 is 1.93. The number of carbonyl (C=O) groups excluding carboxylic acids is 1. The van der Waals surface area contributed by atoms with Crippen molar-refractivity contribution in [2.75, 3.05) is 5.32 Å². The van der Waals surface area contributed by atoms with Gasteiger partial charge in [0.15, 0.2) is 5.16 Å². The maximum absolute atomic E-state index is 12.7. The second-order valence-electron chi connectivity index (χ2n) is 6.56. The Morgan fingerprint density at radius 1 is 1.44 bits per heavy atom. The molecule has 1 N–H and O–H groups in total. The highest BCUT2D eigenvalue weighted by molar-refractivity contribution is 8.00. The van der Waals surface area contributed by atoms with Crippen molar-refractivity contribution in [3.05, 3.63) is 34.5 Å². The van der Waals surface area contributed by atoms with Crippen LogP contribution in [0.3, 0.4) is 0 Å². The molecule has 0 aliphatic heterocycles. The fourth-order valence-electron chi connectivity index (χ4n) is 3.16. The lowest BCUT2D eigenvalue weighted by Crippen LogP contribution is -2.23. The van der Waals surface area contributed by atoms with Crippen LogP contribution in [0.5, 0.6) is 0 Å². The van der Waals surface area contributed by atoms with Gasteiger partial charge in [-0.05, 0) is 45.1 Å². The van der Waals surface area contributed by atoms with Crippen LogP contribution in [-0.2, 0) is 24.2 Å². The molecule has 0 saturated heterocycles. The van der Waals surface area contributed by atoms with E-state index in [4.69, 9.17) is 0 Å². The standard InChI is InChI=1S/C19H23N5OS2/c1-4-10-24-13(3)22-23-19(24)26-12(2)17(25)21-18-15(11-20)14-8-6-5-7-9-16(14)27-18/h4,12H,1,5-10H2,2-3H3,(H,21,25)/t12-/m0/s1. The van der Waals surface area contributed by atoms with Crippen molar-refractivity contribution in [2.24, 2.45) is 0 Å². The highest BCUT2D eigenvalue weighted by Gasteiger charge is 2.24. The minimum Gasteiger partial charge on any atom is -0.316 e. The third kappa shape index (κ3) is 4.25. The number of hydrogen-bond acceptors (Lipinski definition) is 6. The second kappa shape index (κ2) is 8.72. The van der Waals surface area contributed by atoms with E-state index in [2.05, 4.69) is 28.2 Å². The number of aryl methyl sites for hydroxylation is 2. The van der Waals surface area contributed by atoms with E-state index in [-0.39, 0.29) is 11.2 Å². The van der Waals surface area contributed by atoms with E-state index in [0.717, 1.165) is 37.1 Å². The smallest absolute Gasteiger partial charge is 0.238 e. The quantitative estimate of drug-likeness (QED) is 0.448. The highest BCUT2D eigenvalue weighted by atomic mass is 32.2. The summed E-state index contributed by atoms with van der Waals surface area (Å²) >= 11 is 2.92. The number of rotatable bonds is 6. The van der Waals surface area contributed by atoms with Crippen LogP contribution in [0.25, 0.3) is 0 Å². The zero-order valence-corrected chi connectivity index (χ0v) is 17.3. The van der Waals surface area contributed by atoms with E-state index in [9.17, 15) is 10.1 Å². The first-order valence-electron chi connectivity index (χ1n) is 9.08. The summed E-state index contributed by atoms with van der Waals surface area (Å²) in [5.74, 6) is 0.664. The van der Waals surface area contributed by atoms with Gasteiger partial charge in [-0.15, -0.1) is 28.1 Å². The van der Waals surface area contributed by atoms with Crippen molar-refractivity contribution < 1.29 is 4.79 Å². The molecule has 0 fully saturated rings. The topological polar surface area (TPSA) is 83.6 Å². The lowest BCUT2D eigenvalue weighted by atomic mass is 10.1. The largest absolute Gasteiger partial charge is 0.316 e. The van der Waals surface area contributed by atoms with E-state index in [0.29, 0.717) is 22.3 Å². The Hall–Kier alpha value is -2.11. The van der Waals surface area contributed by atoms with Crippen molar-refractivity contribution in [1.29, 1.82) is 5.26 Å². The fourth-order valence-corrected chi connectivity index (χ4v) is 5.31. The summed E-state index contributed by atoms with van der Waals surface area (Å²) in [6.45, 7) is 8.07. The predicted molar refractivity (Wildman–Crippen MR) is 109 cm³/mol. The molecule has 0 saturated carbocycles. The number of carbonyl (C=O) groups is 1. The third-order valence-corrected chi connectivity index (χ3v) is 6.92. The number of nitriles is 1. The molecule has 2 aromatic heterocycles. The molecule has 1 amide bonds. The Balaban J connectivity index is 1.74. The van der Waals surface area contributed by atoms with Crippen molar-refractivity contribution >= 4 is 34.0 Å². The molecule has 0 aromatic carbocycles. The average Bonchev–Trinajstić information content (AvgIpc) is 3.05. The lowest BCUT2D eigenvalue weighted by molar-refractivity contribution is -0.115. The molecule has 0 unspecified atom stereocenters. The van der Waals surface area contributed by atoms with Gasteiger partial charge in [0, 0.05) is 11.4 Å². The van der Waals surface area contributed by atoms with Gasteiger partial charge >= 0.3 is 0 Å². The van der Waals surface area contributed by atoms with Gasteiger partial charge in [-0.2, -0.15) is 5.26 Å². The summed E-state index contributed by atoms with van der Waals surface area (Å²) in [5, 5.41) is 21.9. The number of allylic oxidation sites excluding steroid dienone is 1. The molecule has 1 aliphatic rings. The average molecular weight is 402 g/mol. The SMILES string of the molecule is C=CCn1c(C)nnc1S[C@@H](C)C(=O)Nc1sc2c(c1C#N)CCCCC2. The molecule has 6 nitrogen and oxygen atoms in total. The van der Waals surface area contributed by atoms with Gasteiger partial charge in [-0.1, -0.05) is 24.3 Å². The van der Waals surface area contributed by atoms with Crippen LogP contribution in [0.4, 0.5) is 5.00 Å². The van der Waals surface area contributed by atoms with Gasteiger partial charge in [0.25, 0.3) is 0 Å². The molecule has 1 atom stereocenters. The van der Waals surface area contributed by atoms with Crippen LogP contribution in [0.2, 0.25) is 0 Å². The molecule has 0 radical (unpaired) electrons. The van der Waals surface area contributed by atoms with Gasteiger partial charge in [-0.3, -0.25) is 4.79 Å². The van der Waals surface area contributed by atoms with Gasteiger partial charge in [0.05, 0.1) is 10.8 Å². The zero-order valence-electron chi connectivity index (χ0n) is 15.6. The molecule has 142 valence electrons. The predicted octanol–water partition coefficient (Wildman–Crippen LogP) is 4.09. The van der Waals surface area contributed by atoms with E-state index in [1.807, 2.05) is 18.4 Å². The first kappa shape index (κ1) is 19.6. The van der Waals surface area contributed by atoms with Gasteiger partial charge in [0.1, 0.15) is 16.9 Å². The van der Waals surface area contributed by atoms with Crippen molar-refractivity contribution in [3.8, 4) is 6.07 Å². The van der Waals surface area contributed by atoms with Crippen LogP contribution >= 0.6 is 23.1 Å². The van der Waals surface area contributed by atoms with E-state index in [1.54, 1.807) is 17.4 Å². The summed E-state index contributed by atoms with van der Waals surface area (Å²) in [4.78, 5) is 14.0. The summed E-state index contributed by atoms with van der Waals surface area (Å²) in [5.41, 5.74) is 1.78. The molecule has 1 aliphatic carbocycles. The van der Waals surface area contributed by atoms with E-state index < -0.39 is 0 Å². The number of nitrogens with one attached hydrogen (secondary N) is 1.